The average Bonchev–Trinajstić information content (AvgIpc) is 3.52. The molecule has 0 saturated heterocycles. The molecule has 2 aromatic carbocycles. The molecule has 0 unspecified atom stereocenters. The van der Waals surface area contributed by atoms with E-state index in [-0.39, 0.29) is 23.8 Å². The Morgan fingerprint density at radius 1 is 1.09 bits per heavy atom. The van der Waals surface area contributed by atoms with E-state index in [9.17, 15) is 23.7 Å². The number of alkyl halides is 3. The van der Waals surface area contributed by atoms with Crippen molar-refractivity contribution in [3.05, 3.63) is 71.3 Å². The average molecular weight is 601 g/mol. The van der Waals surface area contributed by atoms with Gasteiger partial charge in [0.1, 0.15) is 12.1 Å². The molecular formula is C31H31F3N10. The first-order chi connectivity index (χ1) is 20.8. The Balaban J connectivity index is 1.49. The molecule has 13 heteroatoms. The van der Waals surface area contributed by atoms with Crippen LogP contribution in [-0.2, 0) is 7.05 Å². The van der Waals surface area contributed by atoms with Gasteiger partial charge in [-0.3, -0.25) is 14.7 Å². The van der Waals surface area contributed by atoms with E-state index in [1.54, 1.807) is 24.0 Å². The molecule has 2 aliphatic rings. The first-order valence-electron chi connectivity index (χ1n) is 14.1. The quantitative estimate of drug-likeness (QED) is 0.210. The fourth-order valence-electron chi connectivity index (χ4n) is 5.57. The lowest BCUT2D eigenvalue weighted by Gasteiger charge is -2.28. The van der Waals surface area contributed by atoms with Crippen molar-refractivity contribution in [3.8, 4) is 12.1 Å². The number of anilines is 2. The number of nitrogens with zero attached hydrogens (tertiary/aromatic N) is 6. The second-order valence-electron chi connectivity index (χ2n) is 12.5. The summed E-state index contributed by atoms with van der Waals surface area (Å²) in [5.41, 5.74) is 7.74. The number of aryl methyl sites for hydroxylation is 1. The molecule has 1 aliphatic carbocycles. The first kappa shape index (κ1) is 29.1. The minimum absolute atomic E-state index is 0.0147. The minimum Gasteiger partial charge on any atom is -0.383 e. The van der Waals surface area contributed by atoms with Crippen molar-refractivity contribution in [1.29, 1.82) is 10.5 Å². The number of rotatable bonds is 7. The Labute approximate surface area is 252 Å². The second-order valence-corrected chi connectivity index (χ2v) is 12.5. The summed E-state index contributed by atoms with van der Waals surface area (Å²) in [6, 6.07) is 12.9. The molecule has 1 aliphatic heterocycles. The smallest absolute Gasteiger partial charge is 0.383 e. The van der Waals surface area contributed by atoms with Crippen LogP contribution in [0.3, 0.4) is 0 Å². The Morgan fingerprint density at radius 2 is 1.84 bits per heavy atom. The van der Waals surface area contributed by atoms with Crippen LogP contribution in [0.25, 0.3) is 21.8 Å². The fraction of sp³-hybridized carbons (Fsp3) is 0.355. The van der Waals surface area contributed by atoms with E-state index < -0.39 is 17.8 Å². The van der Waals surface area contributed by atoms with Crippen molar-refractivity contribution < 1.29 is 13.2 Å². The standard InChI is InChI=1S/C31H31F3N10/c1-29(2,3)17-38-26-20(13-36)14-37-25-19(12-35)10-21(11-23(25)26)40-27(22-7-5-6-18-15-39-43(4)28(18)22)24-16-44(42-41-24)30(8-9-30)31(32,33)34/h5-7,10-11,14-16,27,40-42H,8-9,17H2,1-4H3,(H,37,38)/t27-/m0/s1. The highest BCUT2D eigenvalue weighted by Crippen LogP contribution is 2.54. The van der Waals surface area contributed by atoms with E-state index in [0.717, 1.165) is 21.5 Å². The Bertz CT molecular complexity index is 1880. The molecule has 0 radical (unpaired) electrons. The number of pyridine rings is 1. The monoisotopic (exact) mass is 600 g/mol. The number of hydrazine groups is 2. The normalized spacial score (nSPS) is 16.7. The van der Waals surface area contributed by atoms with Crippen molar-refractivity contribution in [3.63, 3.8) is 0 Å². The maximum absolute atomic E-state index is 14.0. The fourth-order valence-corrected chi connectivity index (χ4v) is 5.57. The number of fused-ring (bicyclic) bond motifs is 2. The number of halogens is 3. The number of aromatic nitrogens is 3. The maximum Gasteiger partial charge on any atom is 0.413 e. The van der Waals surface area contributed by atoms with E-state index in [4.69, 9.17) is 0 Å². The summed E-state index contributed by atoms with van der Waals surface area (Å²) < 4.78 is 43.7. The van der Waals surface area contributed by atoms with Crippen LogP contribution in [0.2, 0.25) is 0 Å². The van der Waals surface area contributed by atoms with E-state index in [0.29, 0.717) is 40.1 Å². The van der Waals surface area contributed by atoms with Crippen LogP contribution in [-0.4, -0.2) is 38.0 Å². The van der Waals surface area contributed by atoms with Gasteiger partial charge in [0.05, 0.1) is 45.8 Å². The van der Waals surface area contributed by atoms with E-state index in [2.05, 4.69) is 64.6 Å². The third kappa shape index (κ3) is 4.99. The second kappa shape index (κ2) is 10.3. The molecule has 4 aromatic rings. The molecule has 0 amide bonds. The third-order valence-electron chi connectivity index (χ3n) is 8.03. The van der Waals surface area contributed by atoms with E-state index >= 15 is 0 Å². The Kier molecular flexibility index (Phi) is 6.82. The molecule has 10 nitrogen and oxygen atoms in total. The van der Waals surface area contributed by atoms with Crippen molar-refractivity contribution in [1.82, 2.24) is 30.7 Å². The number of hydrogen-bond donors (Lipinski definition) is 4. The van der Waals surface area contributed by atoms with Gasteiger partial charge in [-0.1, -0.05) is 39.0 Å². The predicted octanol–water partition coefficient (Wildman–Crippen LogP) is 5.74. The molecule has 44 heavy (non-hydrogen) atoms. The van der Waals surface area contributed by atoms with Gasteiger partial charge in [0.25, 0.3) is 0 Å². The van der Waals surface area contributed by atoms with Gasteiger partial charge in [-0.25, -0.2) is 0 Å². The van der Waals surface area contributed by atoms with Crippen molar-refractivity contribution in [2.75, 3.05) is 17.2 Å². The lowest BCUT2D eigenvalue weighted by molar-refractivity contribution is -0.195. The molecule has 1 atom stereocenters. The van der Waals surface area contributed by atoms with Gasteiger partial charge in [-0.2, -0.15) is 28.8 Å². The van der Waals surface area contributed by atoms with Crippen molar-refractivity contribution >= 4 is 33.2 Å². The van der Waals surface area contributed by atoms with Gasteiger partial charge < -0.3 is 16.1 Å². The van der Waals surface area contributed by atoms with Crippen LogP contribution in [0.15, 0.2) is 54.6 Å². The van der Waals surface area contributed by atoms with Gasteiger partial charge in [0.15, 0.2) is 5.54 Å². The number of para-hydroxylation sites is 1. The Morgan fingerprint density at radius 3 is 2.50 bits per heavy atom. The molecule has 1 saturated carbocycles. The van der Waals surface area contributed by atoms with Crippen LogP contribution in [0.4, 0.5) is 24.5 Å². The predicted molar refractivity (Wildman–Crippen MR) is 160 cm³/mol. The highest BCUT2D eigenvalue weighted by Gasteiger charge is 2.67. The first-order valence-corrected chi connectivity index (χ1v) is 14.1. The van der Waals surface area contributed by atoms with Crippen LogP contribution >= 0.6 is 0 Å². The molecule has 4 N–H and O–H groups in total. The van der Waals surface area contributed by atoms with Crippen molar-refractivity contribution in [2.45, 2.75) is 51.4 Å². The van der Waals surface area contributed by atoms with Gasteiger partial charge in [0, 0.05) is 48.0 Å². The van der Waals surface area contributed by atoms with Crippen LogP contribution in [0, 0.1) is 28.1 Å². The SMILES string of the molecule is Cn1ncc2cccc([C@H](Nc3cc(C#N)c4ncc(C#N)c(NCC(C)(C)C)c4c3)C3=CN(C4(C(F)(F)F)CC4)NN3)c21. The highest BCUT2D eigenvalue weighted by atomic mass is 19.4. The number of hydrogen-bond acceptors (Lipinski definition) is 9. The van der Waals surface area contributed by atoms with Gasteiger partial charge in [0.2, 0.25) is 0 Å². The lowest BCUT2D eigenvalue weighted by atomic mass is 9.96. The van der Waals surface area contributed by atoms with Crippen LogP contribution in [0.5, 0.6) is 0 Å². The summed E-state index contributed by atoms with van der Waals surface area (Å²) in [7, 11) is 1.80. The molecule has 226 valence electrons. The zero-order valence-corrected chi connectivity index (χ0v) is 24.6. The molecule has 2 aromatic heterocycles. The van der Waals surface area contributed by atoms with E-state index in [1.807, 2.05) is 24.3 Å². The van der Waals surface area contributed by atoms with Crippen LogP contribution in [0.1, 0.15) is 56.3 Å². The van der Waals surface area contributed by atoms with Gasteiger partial charge >= 0.3 is 6.18 Å². The van der Waals surface area contributed by atoms with Crippen molar-refractivity contribution in [2.24, 2.45) is 12.5 Å². The summed E-state index contributed by atoms with van der Waals surface area (Å²) in [4.78, 5) is 4.42. The number of benzene rings is 2. The molecule has 3 heterocycles. The molecular weight excluding hydrogens is 569 g/mol. The summed E-state index contributed by atoms with van der Waals surface area (Å²) in [6.07, 6.45) is 0.185. The topological polar surface area (TPSA) is 130 Å². The minimum atomic E-state index is -4.42. The maximum atomic E-state index is 14.0. The van der Waals surface area contributed by atoms with Gasteiger partial charge in [-0.05, 0) is 30.4 Å². The van der Waals surface area contributed by atoms with Crippen LogP contribution < -0.4 is 21.6 Å². The molecule has 1 fully saturated rings. The summed E-state index contributed by atoms with van der Waals surface area (Å²) >= 11 is 0. The number of nitrogens with one attached hydrogen (secondary N) is 4. The highest BCUT2D eigenvalue weighted by molar-refractivity contribution is 5.99. The van der Waals surface area contributed by atoms with Gasteiger partial charge in [-0.15, -0.1) is 5.53 Å². The lowest BCUT2D eigenvalue weighted by Crippen LogP contribution is -2.52. The summed E-state index contributed by atoms with van der Waals surface area (Å²) in [5.74, 6) is 0. The summed E-state index contributed by atoms with van der Waals surface area (Å²) in [5, 5.41) is 33.7. The largest absolute Gasteiger partial charge is 0.413 e. The summed E-state index contributed by atoms with van der Waals surface area (Å²) in [6.45, 7) is 6.76. The zero-order valence-electron chi connectivity index (χ0n) is 24.6. The van der Waals surface area contributed by atoms with E-state index in [1.165, 1.54) is 12.4 Å². The molecule has 0 bridgehead atoms. The number of nitriles is 2. The Hall–Kier alpha value is -5.01. The third-order valence-corrected chi connectivity index (χ3v) is 8.03. The molecule has 6 rings (SSSR count). The zero-order chi connectivity index (χ0) is 31.4. The molecule has 0 spiro atoms.